The van der Waals surface area contributed by atoms with Crippen LogP contribution >= 0.6 is 50.9 Å². The normalized spacial score (nSPS) is 15.7. The van der Waals surface area contributed by atoms with Crippen molar-refractivity contribution in [3.8, 4) is 5.75 Å². The molecule has 3 rings (SSSR count). The third-order valence-corrected chi connectivity index (χ3v) is 5.97. The molecule has 2 aromatic rings. The largest absolute Gasteiger partial charge is 0.488 e. The van der Waals surface area contributed by atoms with Crippen molar-refractivity contribution >= 4 is 68.1 Å². The summed E-state index contributed by atoms with van der Waals surface area (Å²) in [6.07, 6.45) is 1.68. The van der Waals surface area contributed by atoms with Crippen LogP contribution in [-0.2, 0) is 11.4 Å². The fraction of sp³-hybridized carbons (Fsp3) is 0.158. The van der Waals surface area contributed by atoms with Gasteiger partial charge in [-0.25, -0.2) is 0 Å². The third-order valence-electron chi connectivity index (χ3n) is 3.83. The van der Waals surface area contributed by atoms with Crippen LogP contribution in [0.5, 0.6) is 5.75 Å². The molecule has 1 heterocycles. The first-order valence-electron chi connectivity index (χ1n) is 8.00. The van der Waals surface area contributed by atoms with Gasteiger partial charge in [0.15, 0.2) is 0 Å². The lowest BCUT2D eigenvalue weighted by molar-refractivity contribution is -0.122. The Morgan fingerprint density at radius 3 is 2.59 bits per heavy atom. The summed E-state index contributed by atoms with van der Waals surface area (Å²) in [7, 11) is 0. The number of benzene rings is 2. The van der Waals surface area contributed by atoms with Crippen molar-refractivity contribution in [2.24, 2.45) is 0 Å². The minimum atomic E-state index is -0.289. The number of nitrogens with zero attached hydrogens (tertiary/aromatic N) is 1. The van der Waals surface area contributed by atoms with Gasteiger partial charge in [0.25, 0.3) is 11.1 Å². The molecule has 0 spiro atoms. The summed E-state index contributed by atoms with van der Waals surface area (Å²) in [5, 5.41) is 0.681. The zero-order valence-electron chi connectivity index (χ0n) is 14.2. The summed E-state index contributed by atoms with van der Waals surface area (Å²) in [5.41, 5.74) is 1.57. The lowest BCUT2D eigenvalue weighted by Gasteiger charge is -2.11. The van der Waals surface area contributed by atoms with E-state index in [0.717, 1.165) is 21.8 Å². The summed E-state index contributed by atoms with van der Waals surface area (Å²) in [5.74, 6) is 0.301. The number of likely N-dealkylation sites (N-methyl/N-ethyl adjacent to an activating group) is 1. The first-order chi connectivity index (χ1) is 12.9. The maximum Gasteiger partial charge on any atom is 0.293 e. The second-order valence-corrected chi connectivity index (χ2v) is 8.37. The highest BCUT2D eigenvalue weighted by atomic mass is 79.9. The van der Waals surface area contributed by atoms with E-state index in [-0.39, 0.29) is 17.8 Å². The van der Waals surface area contributed by atoms with E-state index in [4.69, 9.17) is 27.9 Å². The maximum absolute atomic E-state index is 12.3. The predicted octanol–water partition coefficient (Wildman–Crippen LogP) is 6.39. The molecular formula is C19H14BrCl2NO3S. The van der Waals surface area contributed by atoms with Gasteiger partial charge < -0.3 is 4.74 Å². The molecule has 0 bridgehead atoms. The number of imide groups is 1. The van der Waals surface area contributed by atoms with Gasteiger partial charge in [0.1, 0.15) is 12.4 Å². The van der Waals surface area contributed by atoms with Crippen LogP contribution in [0.3, 0.4) is 0 Å². The molecule has 1 fully saturated rings. The Bertz CT molecular complexity index is 949. The minimum Gasteiger partial charge on any atom is -0.488 e. The number of hydrogen-bond donors (Lipinski definition) is 0. The summed E-state index contributed by atoms with van der Waals surface area (Å²) in [4.78, 5) is 25.8. The number of carbonyl (C=O) groups excluding carboxylic acids is 2. The highest BCUT2D eigenvalue weighted by Crippen LogP contribution is 2.35. The van der Waals surface area contributed by atoms with Crippen molar-refractivity contribution in [1.82, 2.24) is 4.90 Å². The van der Waals surface area contributed by atoms with Gasteiger partial charge in [-0.15, -0.1) is 0 Å². The predicted molar refractivity (Wildman–Crippen MR) is 113 cm³/mol. The molecule has 1 saturated heterocycles. The average molecular weight is 487 g/mol. The highest BCUT2D eigenvalue weighted by Gasteiger charge is 2.33. The van der Waals surface area contributed by atoms with Crippen molar-refractivity contribution in [3.63, 3.8) is 0 Å². The van der Waals surface area contributed by atoms with Crippen LogP contribution in [0, 0.1) is 0 Å². The molecule has 1 aliphatic heterocycles. The van der Waals surface area contributed by atoms with Gasteiger partial charge in [0, 0.05) is 16.6 Å². The van der Waals surface area contributed by atoms with E-state index in [2.05, 4.69) is 15.9 Å². The van der Waals surface area contributed by atoms with Gasteiger partial charge in [-0.1, -0.05) is 45.2 Å². The molecule has 0 unspecified atom stereocenters. The molecule has 1 aliphatic rings. The molecule has 0 aromatic heterocycles. The van der Waals surface area contributed by atoms with Crippen molar-refractivity contribution in [2.45, 2.75) is 13.5 Å². The molecule has 140 valence electrons. The molecule has 8 heteroatoms. The summed E-state index contributed by atoms with van der Waals surface area (Å²) in [6, 6.07) is 10.8. The quantitative estimate of drug-likeness (QED) is 0.459. The van der Waals surface area contributed by atoms with Crippen LogP contribution in [0.15, 0.2) is 45.8 Å². The third kappa shape index (κ3) is 4.69. The lowest BCUT2D eigenvalue weighted by Crippen LogP contribution is -2.27. The van der Waals surface area contributed by atoms with Gasteiger partial charge in [0.05, 0.1) is 15.0 Å². The molecule has 27 heavy (non-hydrogen) atoms. The van der Waals surface area contributed by atoms with Crippen LogP contribution in [-0.4, -0.2) is 22.6 Å². The van der Waals surface area contributed by atoms with Crippen molar-refractivity contribution in [1.29, 1.82) is 0 Å². The molecule has 0 atom stereocenters. The Kier molecular flexibility index (Phi) is 6.52. The number of hydrogen-bond acceptors (Lipinski definition) is 4. The molecule has 0 N–H and O–H groups in total. The second-order valence-electron chi connectivity index (χ2n) is 5.65. The van der Waals surface area contributed by atoms with Gasteiger partial charge >= 0.3 is 0 Å². The number of amides is 2. The van der Waals surface area contributed by atoms with E-state index >= 15 is 0 Å². The Labute approximate surface area is 179 Å². The van der Waals surface area contributed by atoms with Crippen LogP contribution in [0.2, 0.25) is 10.0 Å². The zero-order chi connectivity index (χ0) is 19.6. The molecule has 2 amide bonds. The van der Waals surface area contributed by atoms with E-state index in [1.165, 1.54) is 4.90 Å². The van der Waals surface area contributed by atoms with Gasteiger partial charge in [-0.05, 0) is 60.7 Å². The van der Waals surface area contributed by atoms with E-state index in [1.807, 2.05) is 18.2 Å². The number of thioether (sulfide) groups is 1. The van der Waals surface area contributed by atoms with Gasteiger partial charge in [-0.3, -0.25) is 14.5 Å². The van der Waals surface area contributed by atoms with Gasteiger partial charge in [0.2, 0.25) is 0 Å². The first kappa shape index (κ1) is 20.3. The average Bonchev–Trinajstić information content (AvgIpc) is 2.90. The van der Waals surface area contributed by atoms with Crippen LogP contribution in [0.1, 0.15) is 18.1 Å². The molecular weight excluding hydrogens is 473 g/mol. The van der Waals surface area contributed by atoms with E-state index in [1.54, 1.807) is 31.2 Å². The Morgan fingerprint density at radius 1 is 1.15 bits per heavy atom. The topological polar surface area (TPSA) is 46.6 Å². The number of carbonyl (C=O) groups is 2. The van der Waals surface area contributed by atoms with Crippen molar-refractivity contribution in [2.75, 3.05) is 6.54 Å². The Morgan fingerprint density at radius 2 is 1.93 bits per heavy atom. The maximum atomic E-state index is 12.3. The van der Waals surface area contributed by atoms with E-state index in [9.17, 15) is 9.59 Å². The van der Waals surface area contributed by atoms with E-state index < -0.39 is 0 Å². The lowest BCUT2D eigenvalue weighted by atomic mass is 10.1. The van der Waals surface area contributed by atoms with Crippen LogP contribution in [0.4, 0.5) is 4.79 Å². The SMILES string of the molecule is CCN1C(=O)S/C(=C/c2cc(Br)ccc2OCc2ccc(Cl)c(Cl)c2)C1=O. The zero-order valence-corrected chi connectivity index (χ0v) is 18.1. The number of ether oxygens (including phenoxy) is 1. The number of halogens is 3. The molecule has 4 nitrogen and oxygen atoms in total. The van der Waals surface area contributed by atoms with Crippen molar-refractivity contribution < 1.29 is 14.3 Å². The fourth-order valence-electron chi connectivity index (χ4n) is 2.47. The summed E-state index contributed by atoms with van der Waals surface area (Å²) in [6.45, 7) is 2.40. The Balaban J connectivity index is 1.85. The van der Waals surface area contributed by atoms with Crippen LogP contribution < -0.4 is 4.74 Å². The van der Waals surface area contributed by atoms with Gasteiger partial charge in [-0.2, -0.15) is 0 Å². The second kappa shape index (κ2) is 8.69. The molecule has 0 saturated carbocycles. The van der Waals surface area contributed by atoms with E-state index in [0.29, 0.717) is 32.8 Å². The Hall–Kier alpha value is -1.47. The molecule has 0 aliphatic carbocycles. The number of rotatable bonds is 5. The highest BCUT2D eigenvalue weighted by molar-refractivity contribution is 9.10. The minimum absolute atomic E-state index is 0.262. The first-order valence-corrected chi connectivity index (χ1v) is 10.4. The smallest absolute Gasteiger partial charge is 0.293 e. The monoisotopic (exact) mass is 485 g/mol. The molecule has 2 aromatic carbocycles. The summed E-state index contributed by atoms with van der Waals surface area (Å²) < 4.78 is 6.75. The standard InChI is InChI=1S/C19H14BrCl2NO3S/c1-2-23-18(24)17(27-19(23)25)9-12-8-13(20)4-6-16(12)26-10-11-3-5-14(21)15(22)7-11/h3-9H,2,10H2,1H3/b17-9+. The molecule has 0 radical (unpaired) electrons. The summed E-state index contributed by atoms with van der Waals surface area (Å²) >= 11 is 16.3. The van der Waals surface area contributed by atoms with Crippen molar-refractivity contribution in [3.05, 3.63) is 66.9 Å². The van der Waals surface area contributed by atoms with Crippen LogP contribution in [0.25, 0.3) is 6.08 Å². The fourth-order valence-corrected chi connectivity index (χ4v) is 4.06.